The highest BCUT2D eigenvalue weighted by molar-refractivity contribution is 7.65. The van der Waals surface area contributed by atoms with Gasteiger partial charge in [0.15, 0.2) is 0 Å². The Morgan fingerprint density at radius 2 is 0.531 bits per heavy atom. The molecule has 0 radical (unpaired) electrons. The Balaban J connectivity index is 7.19. The van der Waals surface area contributed by atoms with E-state index in [4.69, 9.17) is 0 Å². The smallest absolute Gasteiger partial charge is 0.226 e. The van der Waals surface area contributed by atoms with Gasteiger partial charge in [-0.15, -0.1) is 33.2 Å². The zero-order valence-corrected chi connectivity index (χ0v) is 16.6. The van der Waals surface area contributed by atoms with Crippen LogP contribution >= 0.6 is 33.2 Å². The molecule has 0 aromatic heterocycles. The zero-order valence-electron chi connectivity index (χ0n) is 13.3. The second kappa shape index (κ2) is 7.63. The SMILES string of the molecule is FC(F)(F)C(F)(F)C(F)(F)C(F)(F)C(F)(F)C(F)(F)C(F)(F)C(F)(C(F)(F)F)[Si](Cl)(Cl)Cl. The van der Waals surface area contributed by atoms with E-state index in [0.29, 0.717) is 0 Å². The van der Waals surface area contributed by atoms with Gasteiger partial charge in [-0.3, -0.25) is 0 Å². The van der Waals surface area contributed by atoms with Crippen molar-refractivity contribution in [2.75, 3.05) is 0 Å². The molecule has 1 unspecified atom stereocenters. The minimum absolute atomic E-state index is 4.21. The van der Waals surface area contributed by atoms with Crippen LogP contribution in [0.2, 0.25) is 0 Å². The van der Waals surface area contributed by atoms with E-state index in [1.54, 1.807) is 0 Å². The van der Waals surface area contributed by atoms with Crippen molar-refractivity contribution in [2.45, 2.75) is 53.2 Å². The molecule has 0 aliphatic rings. The van der Waals surface area contributed by atoms with Crippen LogP contribution in [0, 0.1) is 0 Å². The number of halogens is 22. The lowest BCUT2D eigenvalue weighted by Gasteiger charge is -2.45. The average molecular weight is 604 g/mol. The van der Waals surface area contributed by atoms with Gasteiger partial charge in [0.05, 0.1) is 0 Å². The lowest BCUT2D eigenvalue weighted by molar-refractivity contribution is -0.460. The largest absolute Gasteiger partial charge is 0.460 e. The van der Waals surface area contributed by atoms with E-state index in [-0.39, 0.29) is 0 Å². The minimum atomic E-state index is -8.96. The van der Waals surface area contributed by atoms with Crippen LogP contribution in [-0.4, -0.2) is 59.2 Å². The Labute approximate surface area is 176 Å². The Hall–Kier alpha value is -0.243. The summed E-state index contributed by atoms with van der Waals surface area (Å²) in [5.41, 5.74) is 0. The molecule has 0 aromatic rings. The molecule has 0 bridgehead atoms. The van der Waals surface area contributed by atoms with E-state index in [1.807, 2.05) is 0 Å². The summed E-state index contributed by atoms with van der Waals surface area (Å²) in [6.45, 7) is 0. The molecule has 0 N–H and O–H groups in total. The number of alkyl halides is 19. The zero-order chi connectivity index (χ0) is 27.0. The first kappa shape index (κ1) is 31.8. The second-order valence-corrected chi connectivity index (χ2v) is 14.1. The van der Waals surface area contributed by atoms with Gasteiger partial charge >= 0.3 is 59.2 Å². The Morgan fingerprint density at radius 1 is 0.312 bits per heavy atom. The van der Waals surface area contributed by atoms with Crippen molar-refractivity contribution >= 4 is 39.2 Å². The highest BCUT2D eigenvalue weighted by Gasteiger charge is 2.98. The fourth-order valence-electron chi connectivity index (χ4n) is 1.70. The molecule has 0 amide bonds. The molecule has 0 spiro atoms. The summed E-state index contributed by atoms with van der Waals surface area (Å²) >= 11 is 12.6. The van der Waals surface area contributed by atoms with Crippen molar-refractivity contribution < 1.29 is 83.4 Å². The van der Waals surface area contributed by atoms with Gasteiger partial charge in [0.2, 0.25) is 0 Å². The summed E-state index contributed by atoms with van der Waals surface area (Å²) in [7, 11) is 0. The molecule has 1 atom stereocenters. The van der Waals surface area contributed by atoms with Crippen molar-refractivity contribution in [3.8, 4) is 0 Å². The second-order valence-electron chi connectivity index (χ2n) is 5.60. The predicted molar refractivity (Wildman–Crippen MR) is 68.9 cm³/mol. The third-order valence-corrected chi connectivity index (χ3v) is 7.26. The van der Waals surface area contributed by atoms with Crippen LogP contribution in [0.1, 0.15) is 0 Å². The third kappa shape index (κ3) is 3.77. The molecule has 0 saturated carbocycles. The van der Waals surface area contributed by atoms with Gasteiger partial charge in [-0.1, -0.05) is 0 Å². The number of hydrogen-bond acceptors (Lipinski definition) is 0. The molecule has 0 fully saturated rings. The standard InChI is InChI=1S/C9Cl3F19Si/c10-32(11,12)7(25,9(29,30)31)5(21,22)3(17,18)1(13,14)2(15,16)4(19,20)6(23,24)8(26,27)28. The van der Waals surface area contributed by atoms with E-state index in [0.717, 1.165) is 0 Å². The predicted octanol–water partition coefficient (Wildman–Crippen LogP) is 7.83. The normalized spacial score (nSPS) is 18.6. The van der Waals surface area contributed by atoms with Crippen LogP contribution in [0.25, 0.3) is 0 Å². The lowest BCUT2D eigenvalue weighted by Crippen LogP contribution is -2.78. The highest BCUT2D eigenvalue weighted by atomic mass is 35.8. The van der Waals surface area contributed by atoms with Crippen LogP contribution in [-0.2, 0) is 0 Å². The summed E-state index contributed by atoms with van der Waals surface area (Å²) in [6, 6.07) is -7.24. The van der Waals surface area contributed by atoms with Crippen LogP contribution in [0.4, 0.5) is 83.4 Å². The van der Waals surface area contributed by atoms with Crippen LogP contribution in [0.3, 0.4) is 0 Å². The average Bonchev–Trinajstić information content (AvgIpc) is 2.49. The Kier molecular flexibility index (Phi) is 7.57. The van der Waals surface area contributed by atoms with Gasteiger partial charge in [0, 0.05) is 0 Å². The minimum Gasteiger partial charge on any atom is -0.226 e. The Bertz CT molecular complexity index is 686. The van der Waals surface area contributed by atoms with Crippen molar-refractivity contribution in [1.82, 2.24) is 0 Å². The van der Waals surface area contributed by atoms with E-state index >= 15 is 0 Å². The van der Waals surface area contributed by atoms with Crippen molar-refractivity contribution in [2.24, 2.45) is 0 Å². The molecular weight excluding hydrogens is 604 g/mol. The first-order valence-corrected chi connectivity index (χ1v) is 11.4. The van der Waals surface area contributed by atoms with Gasteiger partial charge in [-0.25, -0.2) is 4.39 Å². The monoisotopic (exact) mass is 602 g/mol. The maximum atomic E-state index is 13.9. The molecule has 0 heterocycles. The molecule has 194 valence electrons. The number of rotatable bonds is 7. The lowest BCUT2D eigenvalue weighted by atomic mass is 9.89. The fourth-order valence-corrected chi connectivity index (χ4v) is 4.57. The molecule has 23 heteroatoms. The number of hydrogen-bond donors (Lipinski definition) is 0. The summed E-state index contributed by atoms with van der Waals surface area (Å²) in [4.78, 5) is 0. The van der Waals surface area contributed by atoms with Gasteiger partial charge in [-0.2, -0.15) is 79.0 Å². The maximum Gasteiger partial charge on any atom is 0.460 e. The van der Waals surface area contributed by atoms with E-state index in [9.17, 15) is 83.4 Å². The maximum absolute atomic E-state index is 13.9. The van der Waals surface area contributed by atoms with Gasteiger partial charge < -0.3 is 0 Å². The van der Waals surface area contributed by atoms with E-state index in [2.05, 4.69) is 33.2 Å². The highest BCUT2D eigenvalue weighted by Crippen LogP contribution is 2.67. The molecule has 0 saturated heterocycles. The van der Waals surface area contributed by atoms with Gasteiger partial charge in [0.1, 0.15) is 0 Å². The van der Waals surface area contributed by atoms with Gasteiger partial charge in [-0.05, 0) is 0 Å². The molecule has 32 heavy (non-hydrogen) atoms. The van der Waals surface area contributed by atoms with Crippen LogP contribution in [0.5, 0.6) is 0 Å². The molecular formula is C9Cl3F19Si. The summed E-state index contributed by atoms with van der Waals surface area (Å²) in [5.74, 6) is -52.3. The summed E-state index contributed by atoms with van der Waals surface area (Å²) in [5, 5.41) is -7.50. The first-order chi connectivity index (χ1) is 13.2. The summed E-state index contributed by atoms with van der Waals surface area (Å²) in [6.07, 6.45) is -15.6. The van der Waals surface area contributed by atoms with Crippen molar-refractivity contribution in [3.05, 3.63) is 0 Å². The fraction of sp³-hybridized carbons (Fsp3) is 1.00. The molecule has 0 nitrogen and oxygen atoms in total. The molecule has 0 rings (SSSR count). The van der Waals surface area contributed by atoms with Crippen LogP contribution in [0.15, 0.2) is 0 Å². The quantitative estimate of drug-likeness (QED) is 0.158. The van der Waals surface area contributed by atoms with Crippen molar-refractivity contribution in [3.63, 3.8) is 0 Å². The van der Waals surface area contributed by atoms with Crippen LogP contribution < -0.4 is 0 Å². The molecule has 0 aliphatic carbocycles. The van der Waals surface area contributed by atoms with Gasteiger partial charge in [0.25, 0.3) is 0 Å². The summed E-state index contributed by atoms with van der Waals surface area (Å²) < 4.78 is 246. The van der Waals surface area contributed by atoms with Crippen molar-refractivity contribution in [1.29, 1.82) is 0 Å². The first-order valence-electron chi connectivity index (χ1n) is 6.41. The third-order valence-electron chi connectivity index (χ3n) is 3.54. The van der Waals surface area contributed by atoms with E-state index < -0.39 is 59.2 Å². The topological polar surface area (TPSA) is 0 Å². The van der Waals surface area contributed by atoms with E-state index in [1.165, 1.54) is 0 Å². The Morgan fingerprint density at radius 3 is 0.719 bits per heavy atom. The molecule has 0 aliphatic heterocycles. The molecule has 0 aromatic carbocycles.